The number of carbonyl (C=O) groups excluding carboxylic acids is 4. The zero-order valence-electron chi connectivity index (χ0n) is 35.6. The number of halogens is 4. The summed E-state index contributed by atoms with van der Waals surface area (Å²) in [5.41, 5.74) is 1.16. The van der Waals surface area contributed by atoms with E-state index < -0.39 is 41.8 Å². The van der Waals surface area contributed by atoms with Gasteiger partial charge >= 0.3 is 5.92 Å². The predicted molar refractivity (Wildman–Crippen MR) is 225 cm³/mol. The number of likely N-dealkylation sites (N-methyl/N-ethyl adjacent to an activating group) is 1. The lowest BCUT2D eigenvalue weighted by Gasteiger charge is -2.39. The number of piperazine rings is 1. The van der Waals surface area contributed by atoms with Gasteiger partial charge in [-0.25, -0.2) is 13.8 Å². The molecule has 4 heterocycles. The summed E-state index contributed by atoms with van der Waals surface area (Å²) in [6.07, 6.45) is 5.11. The summed E-state index contributed by atoms with van der Waals surface area (Å²) in [6, 6.07) is 7.32. The summed E-state index contributed by atoms with van der Waals surface area (Å²) in [6.45, 7) is 6.49. The quantitative estimate of drug-likeness (QED) is 0.172. The predicted octanol–water partition coefficient (Wildman–Crippen LogP) is 4.65. The van der Waals surface area contributed by atoms with E-state index in [1.165, 1.54) is 37.4 Å². The Balaban J connectivity index is 0.868. The van der Waals surface area contributed by atoms with Crippen LogP contribution in [0.25, 0.3) is 0 Å². The molecule has 1 saturated carbocycles. The van der Waals surface area contributed by atoms with Crippen molar-refractivity contribution in [3.8, 4) is 5.75 Å². The minimum atomic E-state index is -3.61. The van der Waals surface area contributed by atoms with Crippen molar-refractivity contribution in [3.05, 3.63) is 59.3 Å². The van der Waals surface area contributed by atoms with E-state index in [1.54, 1.807) is 36.9 Å². The number of piperidine rings is 1. The average Bonchev–Trinajstić information content (AvgIpc) is 3.31. The van der Waals surface area contributed by atoms with Crippen LogP contribution >= 0.6 is 0 Å². The largest absolute Gasteiger partial charge is 0.495 e. The average molecular weight is 867 g/mol. The standard InChI is InChI=1S/C43H54F4N10O5/c1-25(2)57-24-43(46,47)41(61)54(4)34-23-48-42(52-38(34)57)50-33-12-6-26(22-35(33)62-5)39(59)49-28-7-9-29(10-8-28)53(3)14-15-55-16-18-56(19-17-55)37-31(44)20-27(21-32(37)45)30-11-13-36(58)51-40(30)60/h6,12,20-23,25,28-30H,7-11,13-19,24H2,1-5H3,(H,49,59)(H,48,50,52)(H,51,58,60)/t28-,29-,30?. The molecule has 3 N–H and O–H groups in total. The molecule has 2 aromatic carbocycles. The van der Waals surface area contributed by atoms with Crippen LogP contribution in [-0.4, -0.2) is 134 Å². The van der Waals surface area contributed by atoms with E-state index in [1.807, 2.05) is 0 Å². The molecule has 7 rings (SSSR count). The minimum Gasteiger partial charge on any atom is -0.495 e. The number of anilines is 5. The Bertz CT molecular complexity index is 2160. The van der Waals surface area contributed by atoms with Crippen molar-refractivity contribution in [1.29, 1.82) is 0 Å². The van der Waals surface area contributed by atoms with Gasteiger partial charge in [-0.15, -0.1) is 0 Å². The molecule has 3 fully saturated rings. The molecule has 19 heteroatoms. The van der Waals surface area contributed by atoms with E-state index in [0.29, 0.717) is 49.2 Å². The van der Waals surface area contributed by atoms with E-state index in [9.17, 15) is 28.0 Å². The molecular weight excluding hydrogens is 813 g/mol. The molecule has 1 aromatic heterocycles. The summed E-state index contributed by atoms with van der Waals surface area (Å²) in [5.74, 6) is -7.65. The Kier molecular flexibility index (Phi) is 13.2. The molecule has 0 spiro atoms. The van der Waals surface area contributed by atoms with Crippen LogP contribution < -0.4 is 35.4 Å². The highest BCUT2D eigenvalue weighted by Crippen LogP contribution is 2.38. The van der Waals surface area contributed by atoms with Crippen molar-refractivity contribution in [3.63, 3.8) is 0 Å². The maximum absolute atomic E-state index is 15.3. The van der Waals surface area contributed by atoms with Crippen LogP contribution in [0.3, 0.4) is 0 Å². The first-order chi connectivity index (χ1) is 29.5. The summed E-state index contributed by atoms with van der Waals surface area (Å²) in [4.78, 5) is 67.0. The highest BCUT2D eigenvalue weighted by atomic mass is 19.3. The molecule has 0 radical (unpaired) electrons. The third kappa shape index (κ3) is 9.57. The van der Waals surface area contributed by atoms with Gasteiger partial charge in [0.2, 0.25) is 17.8 Å². The summed E-state index contributed by atoms with van der Waals surface area (Å²) < 4.78 is 65.6. The highest BCUT2D eigenvalue weighted by Gasteiger charge is 2.48. The fourth-order valence-corrected chi connectivity index (χ4v) is 8.78. The topological polar surface area (TPSA) is 156 Å². The van der Waals surface area contributed by atoms with Crippen molar-refractivity contribution in [2.24, 2.45) is 0 Å². The van der Waals surface area contributed by atoms with Crippen LogP contribution in [0, 0.1) is 11.6 Å². The molecule has 4 aliphatic rings. The number of alkyl halides is 2. The van der Waals surface area contributed by atoms with Crippen LogP contribution in [0.2, 0.25) is 0 Å². The number of hydrogen-bond donors (Lipinski definition) is 3. The second-order valence-corrected chi connectivity index (χ2v) is 16.9. The van der Waals surface area contributed by atoms with Crippen LogP contribution in [0.5, 0.6) is 5.75 Å². The first kappa shape index (κ1) is 44.5. The SMILES string of the molecule is COc1cc(C(=O)N[C@H]2CC[C@H](N(C)CCN3CCN(c4c(F)cc(C5CCC(=O)NC5=O)cc4F)CC3)CC2)ccc1Nc1ncc2c(n1)N(C(C)C)CC(F)(F)C(=O)N2C. The van der Waals surface area contributed by atoms with E-state index in [2.05, 4.69) is 42.8 Å². The Morgan fingerprint density at radius 1 is 1.02 bits per heavy atom. The van der Waals surface area contributed by atoms with Crippen molar-refractivity contribution < 1.29 is 41.5 Å². The van der Waals surface area contributed by atoms with Crippen LogP contribution in [0.4, 0.5) is 46.4 Å². The number of fused-ring (bicyclic) bond motifs is 1. The van der Waals surface area contributed by atoms with E-state index >= 15 is 8.78 Å². The fourth-order valence-electron chi connectivity index (χ4n) is 8.78. The van der Waals surface area contributed by atoms with Crippen LogP contribution in [0.15, 0.2) is 36.5 Å². The number of carbonyl (C=O) groups is 4. The number of hydrogen-bond acceptors (Lipinski definition) is 12. The lowest BCUT2D eigenvalue weighted by atomic mass is 9.90. The third-order valence-electron chi connectivity index (χ3n) is 12.5. The van der Waals surface area contributed by atoms with Crippen molar-refractivity contribution >= 4 is 52.5 Å². The van der Waals surface area contributed by atoms with Gasteiger partial charge in [-0.3, -0.25) is 29.4 Å². The number of ether oxygens (including phenoxy) is 1. The minimum absolute atomic E-state index is 0.00262. The van der Waals surface area contributed by atoms with E-state index in [-0.39, 0.29) is 65.4 Å². The molecule has 3 aromatic rings. The molecule has 62 heavy (non-hydrogen) atoms. The van der Waals surface area contributed by atoms with Gasteiger partial charge in [-0.1, -0.05) is 0 Å². The fraction of sp³-hybridized carbons (Fsp3) is 0.535. The number of nitrogens with one attached hydrogen (secondary N) is 3. The summed E-state index contributed by atoms with van der Waals surface area (Å²) in [7, 11) is 4.84. The van der Waals surface area contributed by atoms with Gasteiger partial charge in [-0.2, -0.15) is 13.8 Å². The van der Waals surface area contributed by atoms with E-state index in [4.69, 9.17) is 4.74 Å². The zero-order chi connectivity index (χ0) is 44.5. The summed E-state index contributed by atoms with van der Waals surface area (Å²) in [5, 5.41) is 8.48. The van der Waals surface area contributed by atoms with Gasteiger partial charge in [0.1, 0.15) is 28.8 Å². The number of nitrogens with zero attached hydrogens (tertiary/aromatic N) is 7. The molecule has 1 atom stereocenters. The van der Waals surface area contributed by atoms with Gasteiger partial charge in [0.25, 0.3) is 11.8 Å². The Labute approximate surface area is 358 Å². The number of methoxy groups -OCH3 is 1. The number of amides is 4. The van der Waals surface area contributed by atoms with Gasteiger partial charge in [0, 0.05) is 76.4 Å². The van der Waals surface area contributed by atoms with Gasteiger partial charge in [0.15, 0.2) is 5.82 Å². The van der Waals surface area contributed by atoms with Crippen LogP contribution in [-0.2, 0) is 14.4 Å². The first-order valence-corrected chi connectivity index (χ1v) is 21.1. The lowest BCUT2D eigenvalue weighted by molar-refractivity contribution is -0.140. The van der Waals surface area contributed by atoms with Crippen molar-refractivity contribution in [2.75, 3.05) is 87.0 Å². The number of aromatic nitrogens is 2. The molecule has 1 aliphatic carbocycles. The highest BCUT2D eigenvalue weighted by molar-refractivity contribution is 6.02. The van der Waals surface area contributed by atoms with Crippen LogP contribution in [0.1, 0.15) is 74.2 Å². The lowest BCUT2D eigenvalue weighted by Crippen LogP contribution is -2.50. The second kappa shape index (κ2) is 18.4. The number of benzene rings is 2. The first-order valence-electron chi connectivity index (χ1n) is 21.1. The molecular formula is C43H54F4N10O5. The Morgan fingerprint density at radius 2 is 1.71 bits per heavy atom. The van der Waals surface area contributed by atoms with Gasteiger partial charge in [-0.05, 0) is 88.9 Å². The van der Waals surface area contributed by atoms with E-state index in [0.717, 1.165) is 43.7 Å². The molecule has 1 unspecified atom stereocenters. The molecule has 2 saturated heterocycles. The normalized spacial score (nSPS) is 22.1. The molecule has 334 valence electrons. The number of imide groups is 1. The van der Waals surface area contributed by atoms with Crippen molar-refractivity contribution in [1.82, 2.24) is 30.4 Å². The van der Waals surface area contributed by atoms with Gasteiger partial charge < -0.3 is 35.0 Å². The monoisotopic (exact) mass is 866 g/mol. The zero-order valence-corrected chi connectivity index (χ0v) is 35.6. The molecule has 3 aliphatic heterocycles. The molecule has 4 amide bonds. The molecule has 15 nitrogen and oxygen atoms in total. The Morgan fingerprint density at radius 3 is 2.35 bits per heavy atom. The Hall–Kier alpha value is -5.56. The van der Waals surface area contributed by atoms with Gasteiger partial charge in [0.05, 0.1) is 31.5 Å². The third-order valence-corrected chi connectivity index (χ3v) is 12.5. The second-order valence-electron chi connectivity index (χ2n) is 16.9. The maximum Gasteiger partial charge on any atom is 0.342 e. The van der Waals surface area contributed by atoms with Crippen molar-refractivity contribution in [2.45, 2.75) is 82.3 Å². The number of rotatable bonds is 12. The smallest absolute Gasteiger partial charge is 0.342 e. The summed E-state index contributed by atoms with van der Waals surface area (Å²) >= 11 is 0. The maximum atomic E-state index is 15.3. The molecule has 0 bridgehead atoms.